The van der Waals surface area contributed by atoms with E-state index < -0.39 is 0 Å². The summed E-state index contributed by atoms with van der Waals surface area (Å²) in [6.45, 7) is 1.23. The summed E-state index contributed by atoms with van der Waals surface area (Å²) in [5.74, 6) is -0.461. The molecule has 1 aromatic carbocycles. The lowest BCUT2D eigenvalue weighted by Gasteiger charge is -2.15. The van der Waals surface area contributed by atoms with Crippen LogP contribution in [0.15, 0.2) is 22.7 Å². The third-order valence-electron chi connectivity index (χ3n) is 2.58. The number of nitrogens with zero attached hydrogens (tertiary/aromatic N) is 1. The van der Waals surface area contributed by atoms with Crippen molar-refractivity contribution in [2.75, 3.05) is 13.1 Å². The number of hydrogen-bond donors (Lipinski definition) is 0. The van der Waals surface area contributed by atoms with Crippen molar-refractivity contribution in [1.29, 1.82) is 0 Å². The van der Waals surface area contributed by atoms with Crippen molar-refractivity contribution in [3.63, 3.8) is 0 Å². The minimum absolute atomic E-state index is 0.0350. The molecule has 0 radical (unpaired) electrons. The standard InChI is InChI=1S/C11H10BrClFNO/c12-9-5-7(1-2-10(9)14)11(16)15-4-3-8(13)6-15/h1-2,5,8H,3-4,6H2. The maximum absolute atomic E-state index is 13.0. The SMILES string of the molecule is O=C(c1ccc(F)c(Br)c1)N1CCC(Cl)C1. The molecule has 0 saturated carbocycles. The summed E-state index contributed by atoms with van der Waals surface area (Å²) < 4.78 is 13.3. The van der Waals surface area contributed by atoms with Crippen LogP contribution in [-0.4, -0.2) is 29.3 Å². The Morgan fingerprint density at radius 2 is 2.31 bits per heavy atom. The topological polar surface area (TPSA) is 20.3 Å². The molecule has 1 saturated heterocycles. The van der Waals surface area contributed by atoms with E-state index in [0.29, 0.717) is 23.1 Å². The van der Waals surface area contributed by atoms with Crippen LogP contribution in [-0.2, 0) is 0 Å². The normalized spacial score (nSPS) is 20.2. The molecule has 2 nitrogen and oxygen atoms in total. The lowest BCUT2D eigenvalue weighted by molar-refractivity contribution is 0.0793. The van der Waals surface area contributed by atoms with Crippen LogP contribution in [0.25, 0.3) is 0 Å². The zero-order valence-corrected chi connectivity index (χ0v) is 10.8. The molecule has 2 rings (SSSR count). The molecular formula is C11H10BrClFNO. The maximum atomic E-state index is 13.0. The van der Waals surface area contributed by atoms with Crippen molar-refractivity contribution in [2.24, 2.45) is 0 Å². The molecule has 0 aliphatic carbocycles. The van der Waals surface area contributed by atoms with E-state index in [1.54, 1.807) is 4.90 Å². The average molecular weight is 307 g/mol. The summed E-state index contributed by atoms with van der Waals surface area (Å²) in [6.07, 6.45) is 0.815. The monoisotopic (exact) mass is 305 g/mol. The number of carbonyl (C=O) groups excluding carboxylic acids is 1. The number of rotatable bonds is 1. The summed E-state index contributed by atoms with van der Waals surface area (Å²) in [7, 11) is 0. The first-order valence-corrected chi connectivity index (χ1v) is 6.19. The third-order valence-corrected chi connectivity index (χ3v) is 3.55. The summed E-state index contributed by atoms with van der Waals surface area (Å²) in [5.41, 5.74) is 0.485. The van der Waals surface area contributed by atoms with E-state index in [1.165, 1.54) is 18.2 Å². The lowest BCUT2D eigenvalue weighted by Crippen LogP contribution is -2.28. The van der Waals surface area contributed by atoms with Gasteiger partial charge in [-0.05, 0) is 40.5 Å². The molecule has 1 aliphatic rings. The van der Waals surface area contributed by atoms with Gasteiger partial charge in [-0.1, -0.05) is 0 Å². The van der Waals surface area contributed by atoms with Gasteiger partial charge in [-0.15, -0.1) is 11.6 Å². The summed E-state index contributed by atoms with van der Waals surface area (Å²) >= 11 is 8.99. The van der Waals surface area contributed by atoms with Gasteiger partial charge in [-0.25, -0.2) is 4.39 Å². The van der Waals surface area contributed by atoms with Gasteiger partial charge in [0.2, 0.25) is 0 Å². The molecule has 0 bridgehead atoms. The van der Waals surface area contributed by atoms with Crippen molar-refractivity contribution in [3.8, 4) is 0 Å². The van der Waals surface area contributed by atoms with Crippen LogP contribution in [0.2, 0.25) is 0 Å². The molecule has 16 heavy (non-hydrogen) atoms. The molecule has 1 atom stereocenters. The average Bonchev–Trinajstić information content (AvgIpc) is 2.68. The quantitative estimate of drug-likeness (QED) is 0.730. The molecule has 1 heterocycles. The molecule has 0 aromatic heterocycles. The van der Waals surface area contributed by atoms with Crippen LogP contribution in [0.4, 0.5) is 4.39 Å². The van der Waals surface area contributed by atoms with Crippen LogP contribution in [0.3, 0.4) is 0 Å². The number of halogens is 3. The van der Waals surface area contributed by atoms with Gasteiger partial charge >= 0.3 is 0 Å². The fraction of sp³-hybridized carbons (Fsp3) is 0.364. The van der Waals surface area contributed by atoms with Gasteiger partial charge in [0.05, 0.1) is 9.85 Å². The Morgan fingerprint density at radius 1 is 1.56 bits per heavy atom. The molecule has 1 aromatic rings. The highest BCUT2D eigenvalue weighted by Crippen LogP contribution is 2.21. The number of likely N-dealkylation sites (tertiary alicyclic amines) is 1. The molecular weight excluding hydrogens is 296 g/mol. The predicted molar refractivity (Wildman–Crippen MR) is 64.3 cm³/mol. The lowest BCUT2D eigenvalue weighted by atomic mass is 10.2. The Hall–Kier alpha value is -0.610. The first-order valence-electron chi connectivity index (χ1n) is 4.96. The highest BCUT2D eigenvalue weighted by Gasteiger charge is 2.25. The van der Waals surface area contributed by atoms with E-state index in [2.05, 4.69) is 15.9 Å². The van der Waals surface area contributed by atoms with Crippen molar-refractivity contribution in [1.82, 2.24) is 4.90 Å². The number of benzene rings is 1. The van der Waals surface area contributed by atoms with Crippen LogP contribution in [0.1, 0.15) is 16.8 Å². The van der Waals surface area contributed by atoms with Crippen molar-refractivity contribution in [2.45, 2.75) is 11.8 Å². The highest BCUT2D eigenvalue weighted by molar-refractivity contribution is 9.10. The van der Waals surface area contributed by atoms with E-state index in [9.17, 15) is 9.18 Å². The molecule has 0 N–H and O–H groups in total. The Balaban J connectivity index is 2.18. The van der Waals surface area contributed by atoms with E-state index in [1.807, 2.05) is 0 Å². The van der Waals surface area contributed by atoms with Gasteiger partial charge < -0.3 is 4.90 Å². The van der Waals surface area contributed by atoms with Gasteiger partial charge in [0.1, 0.15) is 5.82 Å². The molecule has 1 unspecified atom stereocenters. The Morgan fingerprint density at radius 3 is 2.88 bits per heavy atom. The summed E-state index contributed by atoms with van der Waals surface area (Å²) in [5, 5.41) is 0.0350. The van der Waals surface area contributed by atoms with E-state index >= 15 is 0 Å². The van der Waals surface area contributed by atoms with E-state index in [4.69, 9.17) is 11.6 Å². The Bertz CT molecular complexity index is 426. The number of hydrogen-bond acceptors (Lipinski definition) is 1. The third kappa shape index (κ3) is 2.38. The second kappa shape index (κ2) is 4.72. The zero-order chi connectivity index (χ0) is 11.7. The van der Waals surface area contributed by atoms with Crippen molar-refractivity contribution in [3.05, 3.63) is 34.1 Å². The van der Waals surface area contributed by atoms with Crippen LogP contribution in [0, 0.1) is 5.82 Å². The first-order chi connectivity index (χ1) is 7.58. The number of carbonyl (C=O) groups is 1. The van der Waals surface area contributed by atoms with Gasteiger partial charge in [0.25, 0.3) is 5.91 Å². The molecule has 5 heteroatoms. The molecule has 86 valence electrons. The first kappa shape index (κ1) is 11.9. The Labute approximate surface area is 107 Å². The largest absolute Gasteiger partial charge is 0.337 e. The zero-order valence-electron chi connectivity index (χ0n) is 8.42. The highest BCUT2D eigenvalue weighted by atomic mass is 79.9. The van der Waals surface area contributed by atoms with Crippen LogP contribution in [0.5, 0.6) is 0 Å². The molecule has 1 aliphatic heterocycles. The predicted octanol–water partition coefficient (Wildman–Crippen LogP) is 3.04. The fourth-order valence-electron chi connectivity index (χ4n) is 1.71. The maximum Gasteiger partial charge on any atom is 0.253 e. The molecule has 0 spiro atoms. The van der Waals surface area contributed by atoms with Crippen LogP contribution >= 0.6 is 27.5 Å². The van der Waals surface area contributed by atoms with Gasteiger partial charge in [-0.3, -0.25) is 4.79 Å². The van der Waals surface area contributed by atoms with Gasteiger partial charge in [0.15, 0.2) is 0 Å². The second-order valence-corrected chi connectivity index (χ2v) is 5.24. The van der Waals surface area contributed by atoms with E-state index in [-0.39, 0.29) is 17.1 Å². The van der Waals surface area contributed by atoms with Crippen molar-refractivity contribution >= 4 is 33.4 Å². The minimum Gasteiger partial charge on any atom is -0.337 e. The smallest absolute Gasteiger partial charge is 0.253 e. The van der Waals surface area contributed by atoms with Gasteiger partial charge in [0, 0.05) is 18.7 Å². The van der Waals surface area contributed by atoms with Crippen molar-refractivity contribution < 1.29 is 9.18 Å². The summed E-state index contributed by atoms with van der Waals surface area (Å²) in [4.78, 5) is 13.7. The van der Waals surface area contributed by atoms with E-state index in [0.717, 1.165) is 6.42 Å². The summed E-state index contributed by atoms with van der Waals surface area (Å²) in [6, 6.07) is 4.27. The molecule has 1 amide bonds. The fourth-order valence-corrected chi connectivity index (χ4v) is 2.36. The molecule has 1 fully saturated rings. The minimum atomic E-state index is -0.367. The van der Waals surface area contributed by atoms with Crippen LogP contribution < -0.4 is 0 Å². The number of alkyl halides is 1. The van der Waals surface area contributed by atoms with Gasteiger partial charge in [-0.2, -0.15) is 0 Å². The second-order valence-electron chi connectivity index (χ2n) is 3.77. The Kier molecular flexibility index (Phi) is 3.50. The number of amides is 1.